The summed E-state index contributed by atoms with van der Waals surface area (Å²) in [4.78, 5) is 30.3. The number of thiazole rings is 1. The van der Waals surface area contributed by atoms with E-state index in [0.717, 1.165) is 24.1 Å². The maximum Gasteiger partial charge on any atom is 0.410 e. The van der Waals surface area contributed by atoms with Gasteiger partial charge in [-0.3, -0.25) is 4.98 Å². The fraction of sp³-hybridized carbons (Fsp3) is 0.706. The van der Waals surface area contributed by atoms with Gasteiger partial charge in [-0.15, -0.1) is 11.3 Å². The lowest BCUT2D eigenvalue weighted by atomic mass is 9.94. The molecule has 0 aliphatic carbocycles. The minimum atomic E-state index is -0.461. The van der Waals surface area contributed by atoms with Crippen molar-refractivity contribution >= 4 is 23.5 Å². The van der Waals surface area contributed by atoms with Crippen LogP contribution < -0.4 is 5.32 Å². The summed E-state index contributed by atoms with van der Waals surface area (Å²) in [6, 6.07) is 0. The minimum Gasteiger partial charge on any atom is -0.444 e. The molecular formula is C17H27N3O4S. The number of alkyl carbamates (subject to hydrolysis) is 1. The van der Waals surface area contributed by atoms with Gasteiger partial charge in [-0.2, -0.15) is 0 Å². The van der Waals surface area contributed by atoms with Crippen LogP contribution in [0.5, 0.6) is 0 Å². The van der Waals surface area contributed by atoms with Gasteiger partial charge in [0.05, 0.1) is 10.4 Å². The van der Waals surface area contributed by atoms with E-state index in [1.165, 1.54) is 11.3 Å². The highest BCUT2D eigenvalue weighted by atomic mass is 32.1. The third-order valence-electron chi connectivity index (χ3n) is 3.92. The molecule has 0 bridgehead atoms. The lowest BCUT2D eigenvalue weighted by molar-refractivity contribution is 0.0181. The molecular weight excluding hydrogens is 342 g/mol. The number of piperidine rings is 1. The molecule has 2 amide bonds. The van der Waals surface area contributed by atoms with E-state index in [2.05, 4.69) is 10.3 Å². The first-order valence-electron chi connectivity index (χ1n) is 8.59. The first kappa shape index (κ1) is 19.5. The van der Waals surface area contributed by atoms with Gasteiger partial charge < -0.3 is 19.7 Å². The van der Waals surface area contributed by atoms with Crippen LogP contribution in [0.1, 0.15) is 44.9 Å². The number of carbonyl (C=O) groups is 2. The van der Waals surface area contributed by atoms with Crippen molar-refractivity contribution in [3.05, 3.63) is 16.6 Å². The summed E-state index contributed by atoms with van der Waals surface area (Å²) in [5.74, 6) is 0.500. The van der Waals surface area contributed by atoms with Crippen molar-refractivity contribution < 1.29 is 19.1 Å². The summed E-state index contributed by atoms with van der Waals surface area (Å²) in [6.07, 6.45) is 3.79. The third-order valence-corrected chi connectivity index (χ3v) is 4.67. The summed E-state index contributed by atoms with van der Waals surface area (Å²) in [6.45, 7) is 7.86. The number of ether oxygens (including phenoxy) is 2. The predicted molar refractivity (Wildman–Crippen MR) is 95.4 cm³/mol. The highest BCUT2D eigenvalue weighted by Gasteiger charge is 2.26. The van der Waals surface area contributed by atoms with Crippen molar-refractivity contribution in [1.82, 2.24) is 15.2 Å². The molecule has 0 spiro atoms. The van der Waals surface area contributed by atoms with E-state index in [1.54, 1.807) is 16.6 Å². The lowest BCUT2D eigenvalue weighted by Crippen LogP contribution is -2.42. The van der Waals surface area contributed by atoms with E-state index in [-0.39, 0.29) is 12.7 Å². The van der Waals surface area contributed by atoms with Gasteiger partial charge in [0.2, 0.25) is 0 Å². The van der Waals surface area contributed by atoms with Crippen molar-refractivity contribution in [3.8, 4) is 0 Å². The molecule has 0 unspecified atom stereocenters. The van der Waals surface area contributed by atoms with Gasteiger partial charge in [0.1, 0.15) is 12.2 Å². The molecule has 2 heterocycles. The molecule has 140 valence electrons. The quantitative estimate of drug-likeness (QED) is 0.860. The normalized spacial score (nSPS) is 15.7. The molecule has 8 heteroatoms. The molecule has 1 aliphatic heterocycles. The van der Waals surface area contributed by atoms with E-state index in [1.807, 2.05) is 20.8 Å². The van der Waals surface area contributed by atoms with Crippen molar-refractivity contribution in [2.45, 2.75) is 52.2 Å². The molecule has 1 saturated heterocycles. The van der Waals surface area contributed by atoms with Crippen LogP contribution >= 0.6 is 11.3 Å². The van der Waals surface area contributed by atoms with Gasteiger partial charge in [-0.25, -0.2) is 9.59 Å². The second-order valence-electron chi connectivity index (χ2n) is 7.17. The number of rotatable bonds is 5. The Morgan fingerprint density at radius 1 is 1.36 bits per heavy atom. The Morgan fingerprint density at radius 2 is 2.08 bits per heavy atom. The number of carbonyl (C=O) groups excluding carboxylic acids is 2. The van der Waals surface area contributed by atoms with Crippen molar-refractivity contribution in [2.75, 3.05) is 19.6 Å². The molecule has 1 aromatic heterocycles. The van der Waals surface area contributed by atoms with Gasteiger partial charge >= 0.3 is 12.2 Å². The summed E-state index contributed by atoms with van der Waals surface area (Å²) in [7, 11) is 0. The largest absolute Gasteiger partial charge is 0.444 e. The van der Waals surface area contributed by atoms with E-state index >= 15 is 0 Å². The number of nitrogens with zero attached hydrogens (tertiary/aromatic N) is 2. The average Bonchev–Trinajstić information content (AvgIpc) is 3.05. The number of hydrogen-bond acceptors (Lipinski definition) is 6. The monoisotopic (exact) mass is 369 g/mol. The van der Waals surface area contributed by atoms with Gasteiger partial charge in [0, 0.05) is 25.8 Å². The zero-order valence-corrected chi connectivity index (χ0v) is 15.9. The molecule has 1 aliphatic rings. The summed E-state index contributed by atoms with van der Waals surface area (Å²) < 4.78 is 10.5. The molecule has 0 aromatic carbocycles. The average molecular weight is 369 g/mol. The first-order chi connectivity index (χ1) is 11.8. The van der Waals surface area contributed by atoms with Crippen LogP contribution in [0, 0.1) is 5.92 Å². The molecule has 1 N–H and O–H groups in total. The Bertz CT molecular complexity index is 549. The molecule has 2 rings (SSSR count). The topological polar surface area (TPSA) is 80.8 Å². The van der Waals surface area contributed by atoms with Crippen LogP contribution in [0.15, 0.2) is 11.7 Å². The molecule has 0 radical (unpaired) electrons. The van der Waals surface area contributed by atoms with Crippen LogP contribution in [0.2, 0.25) is 0 Å². The van der Waals surface area contributed by atoms with Crippen LogP contribution in [-0.2, 0) is 16.1 Å². The van der Waals surface area contributed by atoms with Gasteiger partial charge in [-0.05, 0) is 46.0 Å². The molecule has 25 heavy (non-hydrogen) atoms. The summed E-state index contributed by atoms with van der Waals surface area (Å²) >= 11 is 1.46. The first-order valence-corrected chi connectivity index (χ1v) is 9.47. The van der Waals surface area contributed by atoms with Crippen molar-refractivity contribution in [2.24, 2.45) is 5.92 Å². The highest BCUT2D eigenvalue weighted by molar-refractivity contribution is 7.09. The summed E-state index contributed by atoms with van der Waals surface area (Å²) in [5, 5.41) is 2.78. The Hall–Kier alpha value is -1.83. The van der Waals surface area contributed by atoms with Crippen molar-refractivity contribution in [1.29, 1.82) is 0 Å². The fourth-order valence-corrected chi connectivity index (χ4v) is 3.12. The van der Waals surface area contributed by atoms with Crippen LogP contribution in [-0.4, -0.2) is 47.3 Å². The number of nitrogens with one attached hydrogen (secondary N) is 1. The smallest absolute Gasteiger partial charge is 0.410 e. The SMILES string of the molecule is CC(C)(C)OC(=O)N1CCC(CCNC(=O)OCc2cncs2)CC1. The summed E-state index contributed by atoms with van der Waals surface area (Å²) in [5.41, 5.74) is 1.25. The van der Waals surface area contributed by atoms with E-state index in [4.69, 9.17) is 9.47 Å². The Morgan fingerprint density at radius 3 is 2.68 bits per heavy atom. The predicted octanol–water partition coefficient (Wildman–Crippen LogP) is 3.41. The van der Waals surface area contributed by atoms with E-state index in [9.17, 15) is 9.59 Å². The number of likely N-dealkylation sites (tertiary alicyclic amines) is 1. The second kappa shape index (κ2) is 9.03. The molecule has 1 fully saturated rings. The van der Waals surface area contributed by atoms with Crippen LogP contribution in [0.4, 0.5) is 9.59 Å². The fourth-order valence-electron chi connectivity index (χ4n) is 2.61. The minimum absolute atomic E-state index is 0.240. The number of amides is 2. The standard InChI is InChI=1S/C17H27N3O4S/c1-17(2,3)24-16(22)20-8-5-13(6-9-20)4-7-19-15(21)23-11-14-10-18-12-25-14/h10,12-13H,4-9,11H2,1-3H3,(H,19,21). The molecule has 7 nitrogen and oxygen atoms in total. The zero-order valence-electron chi connectivity index (χ0n) is 15.1. The molecule has 1 aromatic rings. The van der Waals surface area contributed by atoms with Gasteiger partial charge in [0.25, 0.3) is 0 Å². The second-order valence-corrected chi connectivity index (χ2v) is 8.14. The Balaban J connectivity index is 1.57. The number of hydrogen-bond donors (Lipinski definition) is 1. The zero-order chi connectivity index (χ0) is 18.3. The lowest BCUT2D eigenvalue weighted by Gasteiger charge is -2.33. The number of aromatic nitrogens is 1. The molecule has 0 saturated carbocycles. The Labute approximate surface area is 152 Å². The maximum absolute atomic E-state index is 12.0. The maximum atomic E-state index is 12.0. The van der Waals surface area contributed by atoms with Crippen molar-refractivity contribution in [3.63, 3.8) is 0 Å². The molecule has 0 atom stereocenters. The van der Waals surface area contributed by atoms with Gasteiger partial charge in [-0.1, -0.05) is 0 Å². The van der Waals surface area contributed by atoms with Crippen LogP contribution in [0.25, 0.3) is 0 Å². The van der Waals surface area contributed by atoms with E-state index in [0.29, 0.717) is 25.6 Å². The van der Waals surface area contributed by atoms with Gasteiger partial charge in [0.15, 0.2) is 0 Å². The third kappa shape index (κ3) is 7.29. The Kier molecular flexibility index (Phi) is 7.04. The highest BCUT2D eigenvalue weighted by Crippen LogP contribution is 2.21. The van der Waals surface area contributed by atoms with Crippen LogP contribution in [0.3, 0.4) is 0 Å². The van der Waals surface area contributed by atoms with E-state index < -0.39 is 11.7 Å².